The summed E-state index contributed by atoms with van der Waals surface area (Å²) in [6.45, 7) is 6.67. The lowest BCUT2D eigenvalue weighted by Gasteiger charge is -2.24. The highest BCUT2D eigenvalue weighted by Crippen LogP contribution is 2.16. The van der Waals surface area contributed by atoms with Crippen LogP contribution in [0.4, 0.5) is 4.79 Å². The van der Waals surface area contributed by atoms with E-state index in [4.69, 9.17) is 0 Å². The number of para-hydroxylation sites is 1. The van der Waals surface area contributed by atoms with Gasteiger partial charge in [-0.1, -0.05) is 32.0 Å². The molecule has 0 saturated carbocycles. The number of amides is 2. The summed E-state index contributed by atoms with van der Waals surface area (Å²) in [5.41, 5.74) is 1.14. The number of benzene rings is 1. The molecule has 0 radical (unpaired) electrons. The predicted molar refractivity (Wildman–Crippen MR) is 93.2 cm³/mol. The van der Waals surface area contributed by atoms with E-state index in [1.807, 2.05) is 30.3 Å². The number of hydrogen-bond donors (Lipinski definition) is 4. The van der Waals surface area contributed by atoms with Crippen LogP contribution in [0.1, 0.15) is 39.3 Å². The molecule has 5 heteroatoms. The van der Waals surface area contributed by atoms with E-state index in [0.717, 1.165) is 23.0 Å². The van der Waals surface area contributed by atoms with Gasteiger partial charge in [-0.25, -0.2) is 4.79 Å². The molecule has 0 spiro atoms. The van der Waals surface area contributed by atoms with Gasteiger partial charge in [0, 0.05) is 17.8 Å². The Balaban J connectivity index is 1.76. The molecule has 1 aromatic heterocycles. The number of fused-ring (bicyclic) bond motifs is 1. The van der Waals surface area contributed by atoms with E-state index in [0.29, 0.717) is 18.9 Å². The maximum absolute atomic E-state index is 11.9. The summed E-state index contributed by atoms with van der Waals surface area (Å²) in [6, 6.07) is 9.75. The fraction of sp³-hybridized carbons (Fsp3) is 0.500. The average molecular weight is 317 g/mol. The molecule has 2 amide bonds. The van der Waals surface area contributed by atoms with Crippen molar-refractivity contribution >= 4 is 16.9 Å². The van der Waals surface area contributed by atoms with Crippen LogP contribution in [0, 0.1) is 5.92 Å². The Hall–Kier alpha value is -2.01. The summed E-state index contributed by atoms with van der Waals surface area (Å²) >= 11 is 0. The largest absolute Gasteiger partial charge is 0.388 e. The van der Waals surface area contributed by atoms with Crippen molar-refractivity contribution in [1.82, 2.24) is 15.6 Å². The Kier molecular flexibility index (Phi) is 5.66. The Morgan fingerprint density at radius 3 is 2.74 bits per heavy atom. The highest BCUT2D eigenvalue weighted by Gasteiger charge is 2.21. The van der Waals surface area contributed by atoms with Crippen LogP contribution in [0.3, 0.4) is 0 Å². The van der Waals surface area contributed by atoms with Gasteiger partial charge in [-0.05, 0) is 43.2 Å². The second-order valence-corrected chi connectivity index (χ2v) is 6.85. The summed E-state index contributed by atoms with van der Waals surface area (Å²) in [5, 5.41) is 16.9. The third-order valence-electron chi connectivity index (χ3n) is 3.92. The molecule has 0 aliphatic rings. The molecule has 0 fully saturated rings. The smallest absolute Gasteiger partial charge is 0.315 e. The second-order valence-electron chi connectivity index (χ2n) is 6.85. The molecule has 0 bridgehead atoms. The lowest BCUT2D eigenvalue weighted by atomic mass is 9.95. The first-order chi connectivity index (χ1) is 10.9. The standard InChI is InChI=1S/C18H27N3O2/c1-13(2)8-9-18(3,23)12-20-17(22)19-11-15-10-14-6-4-5-7-16(14)21-15/h4-7,10,13,21,23H,8-9,11-12H2,1-3H3,(H2,19,20,22). The number of aromatic nitrogens is 1. The van der Waals surface area contributed by atoms with E-state index in [1.165, 1.54) is 0 Å². The monoisotopic (exact) mass is 317 g/mol. The molecular formula is C18H27N3O2. The maximum atomic E-state index is 11.9. The van der Waals surface area contributed by atoms with E-state index in [-0.39, 0.29) is 12.6 Å². The Bertz CT molecular complexity index is 614. The van der Waals surface area contributed by atoms with E-state index < -0.39 is 5.60 Å². The topological polar surface area (TPSA) is 77.2 Å². The zero-order chi connectivity index (χ0) is 16.9. The first kappa shape index (κ1) is 17.3. The normalized spacial score (nSPS) is 14.0. The lowest BCUT2D eigenvalue weighted by Crippen LogP contribution is -2.44. The van der Waals surface area contributed by atoms with Crippen molar-refractivity contribution in [2.75, 3.05) is 6.54 Å². The van der Waals surface area contributed by atoms with Gasteiger partial charge >= 0.3 is 6.03 Å². The fourth-order valence-electron chi connectivity index (χ4n) is 2.43. The average Bonchev–Trinajstić information content (AvgIpc) is 2.92. The van der Waals surface area contributed by atoms with Gasteiger partial charge in [-0.2, -0.15) is 0 Å². The van der Waals surface area contributed by atoms with Gasteiger partial charge in [0.25, 0.3) is 0 Å². The molecule has 1 aromatic carbocycles. The molecule has 5 nitrogen and oxygen atoms in total. The number of carbonyl (C=O) groups excluding carboxylic acids is 1. The number of H-pyrrole nitrogens is 1. The van der Waals surface area contributed by atoms with Crippen LogP contribution in [0.2, 0.25) is 0 Å². The van der Waals surface area contributed by atoms with Crippen molar-refractivity contribution in [3.8, 4) is 0 Å². The Labute approximate surface area is 137 Å². The van der Waals surface area contributed by atoms with Crippen LogP contribution >= 0.6 is 0 Å². The number of carbonyl (C=O) groups is 1. The van der Waals surface area contributed by atoms with Gasteiger partial charge in [-0.15, -0.1) is 0 Å². The van der Waals surface area contributed by atoms with E-state index in [1.54, 1.807) is 6.92 Å². The summed E-state index contributed by atoms with van der Waals surface area (Å²) < 4.78 is 0. The van der Waals surface area contributed by atoms with Crippen molar-refractivity contribution in [1.29, 1.82) is 0 Å². The molecule has 1 atom stereocenters. The van der Waals surface area contributed by atoms with Crippen molar-refractivity contribution in [2.24, 2.45) is 5.92 Å². The van der Waals surface area contributed by atoms with Gasteiger partial charge in [0.05, 0.1) is 12.1 Å². The zero-order valence-corrected chi connectivity index (χ0v) is 14.1. The van der Waals surface area contributed by atoms with Gasteiger partial charge in [0.1, 0.15) is 0 Å². The first-order valence-electron chi connectivity index (χ1n) is 8.16. The number of urea groups is 1. The molecule has 2 aromatic rings. The van der Waals surface area contributed by atoms with Crippen molar-refractivity contribution in [3.05, 3.63) is 36.0 Å². The molecule has 1 unspecified atom stereocenters. The van der Waals surface area contributed by atoms with E-state index >= 15 is 0 Å². The third-order valence-corrected chi connectivity index (χ3v) is 3.92. The number of rotatable bonds is 7. The minimum atomic E-state index is -0.872. The number of aliphatic hydroxyl groups is 1. The summed E-state index contributed by atoms with van der Waals surface area (Å²) in [7, 11) is 0. The zero-order valence-electron chi connectivity index (χ0n) is 14.1. The van der Waals surface area contributed by atoms with Gasteiger partial charge in [0.2, 0.25) is 0 Å². The number of nitrogens with one attached hydrogen (secondary N) is 3. The quantitative estimate of drug-likeness (QED) is 0.633. The van der Waals surface area contributed by atoms with Crippen LogP contribution in [0.25, 0.3) is 10.9 Å². The lowest BCUT2D eigenvalue weighted by molar-refractivity contribution is 0.0476. The fourth-order valence-corrected chi connectivity index (χ4v) is 2.43. The predicted octanol–water partition coefficient (Wildman–Crippen LogP) is 3.15. The molecule has 126 valence electrons. The van der Waals surface area contributed by atoms with E-state index in [9.17, 15) is 9.90 Å². The molecule has 2 rings (SSSR count). The Morgan fingerprint density at radius 2 is 2.04 bits per heavy atom. The third kappa shape index (κ3) is 5.60. The summed E-state index contributed by atoms with van der Waals surface area (Å²) in [5.74, 6) is 0.539. The highest BCUT2D eigenvalue weighted by molar-refractivity contribution is 5.80. The summed E-state index contributed by atoms with van der Waals surface area (Å²) in [4.78, 5) is 15.1. The van der Waals surface area contributed by atoms with Crippen LogP contribution in [0.15, 0.2) is 30.3 Å². The molecule has 0 saturated heterocycles. The maximum Gasteiger partial charge on any atom is 0.315 e. The van der Waals surface area contributed by atoms with Crippen molar-refractivity contribution < 1.29 is 9.90 Å². The van der Waals surface area contributed by atoms with Crippen molar-refractivity contribution in [2.45, 2.75) is 45.8 Å². The minimum Gasteiger partial charge on any atom is -0.388 e. The minimum absolute atomic E-state index is 0.248. The van der Waals surface area contributed by atoms with Crippen molar-refractivity contribution in [3.63, 3.8) is 0 Å². The second kappa shape index (κ2) is 7.51. The SMILES string of the molecule is CC(C)CCC(C)(O)CNC(=O)NCc1cc2ccccc2[nH]1. The van der Waals surface area contributed by atoms with E-state index in [2.05, 4.69) is 29.5 Å². The van der Waals surface area contributed by atoms with Crippen LogP contribution in [-0.4, -0.2) is 28.3 Å². The van der Waals surface area contributed by atoms with Crippen LogP contribution in [-0.2, 0) is 6.54 Å². The van der Waals surface area contributed by atoms with Crippen LogP contribution in [0.5, 0.6) is 0 Å². The molecule has 1 heterocycles. The highest BCUT2D eigenvalue weighted by atomic mass is 16.3. The number of aromatic amines is 1. The Morgan fingerprint density at radius 1 is 1.30 bits per heavy atom. The number of hydrogen-bond acceptors (Lipinski definition) is 2. The summed E-state index contributed by atoms with van der Waals surface area (Å²) in [6.07, 6.45) is 1.61. The molecular weight excluding hydrogens is 290 g/mol. The van der Waals surface area contributed by atoms with Crippen LogP contribution < -0.4 is 10.6 Å². The molecule has 0 aliphatic heterocycles. The van der Waals surface area contributed by atoms with Gasteiger partial charge in [0.15, 0.2) is 0 Å². The van der Waals surface area contributed by atoms with Gasteiger partial charge < -0.3 is 20.7 Å². The molecule has 23 heavy (non-hydrogen) atoms. The molecule has 0 aliphatic carbocycles. The first-order valence-corrected chi connectivity index (χ1v) is 8.16. The van der Waals surface area contributed by atoms with Gasteiger partial charge in [-0.3, -0.25) is 0 Å². The molecule has 4 N–H and O–H groups in total.